The largest absolute Gasteiger partial charge is 0.358 e. The third kappa shape index (κ3) is 2.17. The third-order valence-corrected chi connectivity index (χ3v) is 3.98. The predicted molar refractivity (Wildman–Crippen MR) is 66.8 cm³/mol. The lowest BCUT2D eigenvalue weighted by atomic mass is 10.3. The molecule has 3 aliphatic rings. The topological polar surface area (TPSA) is 31.4 Å². The van der Waals surface area contributed by atoms with Crippen LogP contribution in [0.15, 0.2) is 0 Å². The van der Waals surface area contributed by atoms with Crippen molar-refractivity contribution in [3.05, 3.63) is 0 Å². The van der Waals surface area contributed by atoms with Crippen LogP contribution >= 0.6 is 0 Å². The highest BCUT2D eigenvalue weighted by molar-refractivity contribution is 4.78. The van der Waals surface area contributed by atoms with Gasteiger partial charge >= 0.3 is 0 Å². The Labute approximate surface area is 109 Å². The standard InChI is InChI=1S/C12H24N4O2/c1-9-5-13-7-16-12(4)18-10(2)6-14(16)8-15(13)11(3)17-9/h9-12H,5-8H2,1-4H3. The van der Waals surface area contributed by atoms with Crippen LogP contribution in [0.25, 0.3) is 0 Å². The van der Waals surface area contributed by atoms with Gasteiger partial charge in [-0.1, -0.05) is 0 Å². The molecule has 0 radical (unpaired) electrons. The molecular formula is C12H24N4O2. The second-order valence-corrected chi connectivity index (χ2v) is 5.63. The molecule has 0 aromatic carbocycles. The van der Waals surface area contributed by atoms with Crippen LogP contribution in [0.3, 0.4) is 0 Å². The van der Waals surface area contributed by atoms with Gasteiger partial charge < -0.3 is 9.47 Å². The minimum Gasteiger partial charge on any atom is -0.358 e. The number of ether oxygens (including phenoxy) is 2. The lowest BCUT2D eigenvalue weighted by Gasteiger charge is -2.57. The van der Waals surface area contributed by atoms with Gasteiger partial charge in [0.05, 0.1) is 25.5 Å². The zero-order chi connectivity index (χ0) is 12.9. The summed E-state index contributed by atoms with van der Waals surface area (Å²) in [6.45, 7) is 12.2. The highest BCUT2D eigenvalue weighted by Crippen LogP contribution is 2.27. The van der Waals surface area contributed by atoms with Gasteiger partial charge in [-0.05, 0) is 27.7 Å². The summed E-state index contributed by atoms with van der Waals surface area (Å²) in [5.41, 5.74) is 0. The molecule has 6 heteroatoms. The van der Waals surface area contributed by atoms with E-state index in [0.717, 1.165) is 26.4 Å². The average molecular weight is 256 g/mol. The molecule has 0 amide bonds. The summed E-state index contributed by atoms with van der Waals surface area (Å²) in [5, 5.41) is 9.40. The molecule has 3 saturated heterocycles. The molecule has 104 valence electrons. The van der Waals surface area contributed by atoms with Crippen molar-refractivity contribution in [1.82, 2.24) is 20.0 Å². The molecule has 0 N–H and O–H groups in total. The average Bonchev–Trinajstić information content (AvgIpc) is 2.27. The van der Waals surface area contributed by atoms with Crippen molar-refractivity contribution in [2.45, 2.75) is 52.4 Å². The van der Waals surface area contributed by atoms with Gasteiger partial charge in [-0.2, -0.15) is 10.0 Å². The molecule has 0 saturated carbocycles. The first kappa shape index (κ1) is 12.8. The Morgan fingerprint density at radius 1 is 0.722 bits per heavy atom. The van der Waals surface area contributed by atoms with Gasteiger partial charge in [0.1, 0.15) is 12.5 Å². The van der Waals surface area contributed by atoms with Crippen LogP contribution in [0.4, 0.5) is 0 Å². The van der Waals surface area contributed by atoms with Crippen molar-refractivity contribution in [1.29, 1.82) is 0 Å². The first-order valence-corrected chi connectivity index (χ1v) is 6.88. The summed E-state index contributed by atoms with van der Waals surface area (Å²) >= 11 is 0. The first-order valence-electron chi connectivity index (χ1n) is 6.88. The molecule has 3 heterocycles. The van der Waals surface area contributed by atoms with E-state index in [1.54, 1.807) is 0 Å². The van der Waals surface area contributed by atoms with Gasteiger partial charge in [0.2, 0.25) is 0 Å². The maximum absolute atomic E-state index is 5.90. The van der Waals surface area contributed by atoms with Crippen molar-refractivity contribution in [3.63, 3.8) is 0 Å². The Morgan fingerprint density at radius 3 is 1.50 bits per heavy atom. The van der Waals surface area contributed by atoms with Crippen molar-refractivity contribution in [2.24, 2.45) is 0 Å². The molecule has 0 aromatic rings. The summed E-state index contributed by atoms with van der Waals surface area (Å²) in [7, 11) is 0. The van der Waals surface area contributed by atoms with Gasteiger partial charge in [-0.3, -0.25) is 0 Å². The Morgan fingerprint density at radius 2 is 1.11 bits per heavy atom. The summed E-state index contributed by atoms with van der Waals surface area (Å²) in [4.78, 5) is 0. The van der Waals surface area contributed by atoms with E-state index in [1.165, 1.54) is 0 Å². The Kier molecular flexibility index (Phi) is 3.34. The minimum atomic E-state index is 0.157. The van der Waals surface area contributed by atoms with Crippen LogP contribution < -0.4 is 0 Å². The molecule has 18 heavy (non-hydrogen) atoms. The maximum atomic E-state index is 5.90. The maximum Gasteiger partial charge on any atom is 0.122 e. The highest BCUT2D eigenvalue weighted by atomic mass is 16.5. The van der Waals surface area contributed by atoms with E-state index < -0.39 is 0 Å². The van der Waals surface area contributed by atoms with Crippen LogP contribution in [0.5, 0.6) is 0 Å². The molecule has 4 atom stereocenters. The predicted octanol–water partition coefficient (Wildman–Crippen LogP) is 0.482. The van der Waals surface area contributed by atoms with Gasteiger partial charge in [0.25, 0.3) is 0 Å². The van der Waals surface area contributed by atoms with E-state index in [2.05, 4.69) is 47.7 Å². The highest BCUT2D eigenvalue weighted by Gasteiger charge is 2.42. The number of hydrazine groups is 2. The van der Waals surface area contributed by atoms with Crippen molar-refractivity contribution in [3.8, 4) is 0 Å². The Bertz CT molecular complexity index is 286. The molecule has 0 spiro atoms. The van der Waals surface area contributed by atoms with E-state index in [1.807, 2.05) is 0 Å². The molecule has 0 bridgehead atoms. The molecule has 6 nitrogen and oxygen atoms in total. The lowest BCUT2D eigenvalue weighted by Crippen LogP contribution is -2.73. The van der Waals surface area contributed by atoms with Crippen LogP contribution in [-0.2, 0) is 9.47 Å². The summed E-state index contributed by atoms with van der Waals surface area (Å²) in [6, 6.07) is 0. The summed E-state index contributed by atoms with van der Waals surface area (Å²) in [6.07, 6.45) is 0.902. The minimum absolute atomic E-state index is 0.157. The van der Waals surface area contributed by atoms with Gasteiger partial charge in [-0.15, -0.1) is 0 Å². The summed E-state index contributed by atoms with van der Waals surface area (Å²) < 4.78 is 11.8. The monoisotopic (exact) mass is 256 g/mol. The lowest BCUT2D eigenvalue weighted by molar-refractivity contribution is -0.357. The Hall–Kier alpha value is -0.240. The normalized spacial score (nSPS) is 44.7. The fourth-order valence-electron chi connectivity index (χ4n) is 3.18. The molecule has 0 aromatic heterocycles. The van der Waals surface area contributed by atoms with Crippen molar-refractivity contribution < 1.29 is 9.47 Å². The van der Waals surface area contributed by atoms with Crippen LogP contribution in [0, 0.1) is 0 Å². The van der Waals surface area contributed by atoms with Crippen molar-refractivity contribution in [2.75, 3.05) is 26.4 Å². The van der Waals surface area contributed by atoms with Gasteiger partial charge in [0.15, 0.2) is 0 Å². The van der Waals surface area contributed by atoms with Gasteiger partial charge in [-0.25, -0.2) is 10.0 Å². The Balaban J connectivity index is 1.75. The second-order valence-electron chi connectivity index (χ2n) is 5.63. The zero-order valence-electron chi connectivity index (χ0n) is 11.7. The molecule has 3 fully saturated rings. The number of fused-ring (bicyclic) bond motifs is 2. The van der Waals surface area contributed by atoms with E-state index >= 15 is 0 Å². The number of hydrogen-bond acceptors (Lipinski definition) is 6. The SMILES string of the molecule is CC1CN2CN3C(C)OC(C)CN3CN2C(C)O1. The fraction of sp³-hybridized carbons (Fsp3) is 1.00. The van der Waals surface area contributed by atoms with Crippen LogP contribution in [0.1, 0.15) is 27.7 Å². The number of nitrogens with zero attached hydrogens (tertiary/aromatic N) is 4. The zero-order valence-corrected chi connectivity index (χ0v) is 11.7. The molecule has 3 aliphatic heterocycles. The molecular weight excluding hydrogens is 232 g/mol. The number of hydrogen-bond donors (Lipinski definition) is 0. The van der Waals surface area contributed by atoms with E-state index in [9.17, 15) is 0 Å². The first-order chi connectivity index (χ1) is 8.54. The smallest absolute Gasteiger partial charge is 0.122 e. The van der Waals surface area contributed by atoms with E-state index in [0.29, 0.717) is 12.2 Å². The van der Waals surface area contributed by atoms with E-state index in [4.69, 9.17) is 9.47 Å². The molecule has 4 unspecified atom stereocenters. The summed E-state index contributed by atoms with van der Waals surface area (Å²) in [5.74, 6) is 0. The molecule has 0 aliphatic carbocycles. The second kappa shape index (κ2) is 4.70. The number of rotatable bonds is 0. The molecule has 3 rings (SSSR count). The van der Waals surface area contributed by atoms with E-state index in [-0.39, 0.29) is 12.5 Å². The third-order valence-electron chi connectivity index (χ3n) is 3.98. The quantitative estimate of drug-likeness (QED) is 0.627. The van der Waals surface area contributed by atoms with Gasteiger partial charge in [0, 0.05) is 13.1 Å². The fourth-order valence-corrected chi connectivity index (χ4v) is 3.18. The van der Waals surface area contributed by atoms with Crippen molar-refractivity contribution >= 4 is 0 Å². The van der Waals surface area contributed by atoms with Crippen LogP contribution in [0.2, 0.25) is 0 Å². The van der Waals surface area contributed by atoms with Crippen LogP contribution in [-0.4, -0.2) is 71.1 Å².